The molecular weight excluding hydrogens is 462 g/mol. The second-order valence-electron chi connectivity index (χ2n) is 7.91. The molecule has 0 saturated heterocycles. The third-order valence-electron chi connectivity index (χ3n) is 5.15. The average Bonchev–Trinajstić information content (AvgIpc) is 2.90. The number of fused-ring (bicyclic) bond motifs is 1. The third-order valence-corrected chi connectivity index (χ3v) is 5.15. The number of benzene rings is 3. The van der Waals surface area contributed by atoms with Crippen molar-refractivity contribution in [2.45, 2.75) is 20.0 Å². The van der Waals surface area contributed by atoms with Gasteiger partial charge in [-0.05, 0) is 54.4 Å². The minimum atomic E-state index is -0.765. The van der Waals surface area contributed by atoms with Crippen molar-refractivity contribution in [2.75, 3.05) is 13.2 Å². The van der Waals surface area contributed by atoms with E-state index in [4.69, 9.17) is 18.6 Å². The van der Waals surface area contributed by atoms with Crippen LogP contribution in [0.4, 0.5) is 0 Å². The van der Waals surface area contributed by atoms with Crippen molar-refractivity contribution in [2.24, 2.45) is 0 Å². The number of carbonyl (C=O) groups excluding carboxylic acids is 2. The van der Waals surface area contributed by atoms with E-state index in [1.807, 2.05) is 37.3 Å². The Bertz CT molecular complexity index is 1400. The van der Waals surface area contributed by atoms with Crippen molar-refractivity contribution in [3.63, 3.8) is 0 Å². The van der Waals surface area contributed by atoms with E-state index in [0.717, 1.165) is 12.0 Å². The highest BCUT2D eigenvalue weighted by Crippen LogP contribution is 2.22. The standard InChI is InChI=1S/C28H25NO7/c1-2-14-29-27(31)24-15-20-8-9-23(16-25(20)36-28(24)32)35-26(30)18-34-22-12-10-21(11-13-22)33-17-19-6-4-3-5-7-19/h3-13,15-16H,2,14,17-18H2,1H3,(H,29,31). The van der Waals surface area contributed by atoms with Crippen LogP contribution in [-0.2, 0) is 11.4 Å². The maximum atomic E-state index is 12.2. The molecule has 0 aliphatic carbocycles. The van der Waals surface area contributed by atoms with Crippen LogP contribution in [0.2, 0.25) is 0 Å². The van der Waals surface area contributed by atoms with E-state index in [0.29, 0.717) is 30.0 Å². The van der Waals surface area contributed by atoms with Gasteiger partial charge in [0.2, 0.25) is 0 Å². The molecule has 0 unspecified atom stereocenters. The number of carbonyl (C=O) groups is 2. The number of hydrogen-bond donors (Lipinski definition) is 1. The van der Waals surface area contributed by atoms with Crippen molar-refractivity contribution in [3.8, 4) is 17.2 Å². The molecular formula is C28H25NO7. The highest BCUT2D eigenvalue weighted by atomic mass is 16.6. The van der Waals surface area contributed by atoms with Crippen molar-refractivity contribution < 1.29 is 28.2 Å². The zero-order valence-corrected chi connectivity index (χ0v) is 19.7. The van der Waals surface area contributed by atoms with Gasteiger partial charge in [-0.15, -0.1) is 0 Å². The molecule has 0 aliphatic heterocycles. The molecule has 8 heteroatoms. The lowest BCUT2D eigenvalue weighted by Crippen LogP contribution is -2.28. The minimum Gasteiger partial charge on any atom is -0.489 e. The summed E-state index contributed by atoms with van der Waals surface area (Å²) in [5, 5.41) is 3.18. The largest absolute Gasteiger partial charge is 0.489 e. The van der Waals surface area contributed by atoms with E-state index >= 15 is 0 Å². The van der Waals surface area contributed by atoms with Gasteiger partial charge in [-0.2, -0.15) is 0 Å². The van der Waals surface area contributed by atoms with Crippen molar-refractivity contribution in [1.29, 1.82) is 0 Å². The van der Waals surface area contributed by atoms with Crippen LogP contribution in [0.3, 0.4) is 0 Å². The summed E-state index contributed by atoms with van der Waals surface area (Å²) in [6.07, 6.45) is 0.748. The average molecular weight is 488 g/mol. The summed E-state index contributed by atoms with van der Waals surface area (Å²) in [6, 6.07) is 22.8. The molecule has 1 aromatic heterocycles. The Morgan fingerprint density at radius 3 is 2.28 bits per heavy atom. The molecule has 0 bridgehead atoms. The minimum absolute atomic E-state index is 0.0782. The molecule has 36 heavy (non-hydrogen) atoms. The van der Waals surface area contributed by atoms with E-state index in [9.17, 15) is 14.4 Å². The van der Waals surface area contributed by atoms with Crippen LogP contribution >= 0.6 is 0 Å². The van der Waals surface area contributed by atoms with E-state index in [2.05, 4.69) is 5.32 Å². The predicted octanol–water partition coefficient (Wildman–Crippen LogP) is 4.50. The molecule has 0 atom stereocenters. The summed E-state index contributed by atoms with van der Waals surface area (Å²) in [5.41, 5.74) is 0.417. The van der Waals surface area contributed by atoms with Gasteiger partial charge in [-0.25, -0.2) is 9.59 Å². The first-order valence-electron chi connectivity index (χ1n) is 11.5. The first kappa shape index (κ1) is 24.5. The molecule has 0 saturated carbocycles. The molecule has 4 aromatic rings. The second-order valence-corrected chi connectivity index (χ2v) is 7.91. The molecule has 1 heterocycles. The molecule has 184 valence electrons. The Hall–Kier alpha value is -4.59. The van der Waals surface area contributed by atoms with Crippen LogP contribution in [0.1, 0.15) is 29.3 Å². The normalized spacial score (nSPS) is 10.6. The summed E-state index contributed by atoms with van der Waals surface area (Å²) < 4.78 is 21.8. The molecule has 0 fully saturated rings. The van der Waals surface area contributed by atoms with Gasteiger partial charge in [0.05, 0.1) is 0 Å². The fourth-order valence-electron chi connectivity index (χ4n) is 3.32. The second kappa shape index (κ2) is 11.7. The zero-order valence-electron chi connectivity index (χ0n) is 19.7. The van der Waals surface area contributed by atoms with E-state index in [1.54, 1.807) is 36.4 Å². The fraction of sp³-hybridized carbons (Fsp3) is 0.179. The van der Waals surface area contributed by atoms with Gasteiger partial charge < -0.3 is 23.9 Å². The Balaban J connectivity index is 1.31. The maximum absolute atomic E-state index is 12.2. The predicted molar refractivity (Wildman–Crippen MR) is 133 cm³/mol. The molecule has 3 aromatic carbocycles. The number of rotatable bonds is 10. The highest BCUT2D eigenvalue weighted by Gasteiger charge is 2.14. The van der Waals surface area contributed by atoms with Crippen LogP contribution in [0.15, 0.2) is 88.1 Å². The van der Waals surface area contributed by atoms with E-state index in [1.165, 1.54) is 12.1 Å². The molecule has 4 rings (SSSR count). The van der Waals surface area contributed by atoms with Crippen molar-refractivity contribution in [3.05, 3.63) is 100 Å². The van der Waals surface area contributed by atoms with Crippen LogP contribution < -0.4 is 25.2 Å². The monoisotopic (exact) mass is 487 g/mol. The first-order chi connectivity index (χ1) is 17.5. The smallest absolute Gasteiger partial charge is 0.349 e. The SMILES string of the molecule is CCCNC(=O)c1cc2ccc(OC(=O)COc3ccc(OCc4ccccc4)cc3)cc2oc1=O. The Kier molecular flexibility index (Phi) is 7.97. The summed E-state index contributed by atoms with van der Waals surface area (Å²) in [4.78, 5) is 36.6. The van der Waals surface area contributed by atoms with Crippen LogP contribution in [0, 0.1) is 0 Å². The van der Waals surface area contributed by atoms with Gasteiger partial charge in [0.15, 0.2) is 6.61 Å². The zero-order chi connectivity index (χ0) is 25.3. The molecule has 8 nitrogen and oxygen atoms in total. The van der Waals surface area contributed by atoms with Crippen LogP contribution in [-0.4, -0.2) is 25.0 Å². The van der Waals surface area contributed by atoms with Crippen LogP contribution in [0.5, 0.6) is 17.2 Å². The number of amides is 1. The van der Waals surface area contributed by atoms with E-state index in [-0.39, 0.29) is 23.5 Å². The lowest BCUT2D eigenvalue weighted by Gasteiger charge is -2.09. The topological polar surface area (TPSA) is 104 Å². The fourth-order valence-corrected chi connectivity index (χ4v) is 3.32. The Labute approximate surface area is 207 Å². The molecule has 1 amide bonds. The highest BCUT2D eigenvalue weighted by molar-refractivity contribution is 5.96. The number of hydrogen-bond acceptors (Lipinski definition) is 7. The summed E-state index contributed by atoms with van der Waals surface area (Å²) in [5.74, 6) is 0.231. The first-order valence-corrected chi connectivity index (χ1v) is 11.5. The van der Waals surface area contributed by atoms with E-state index < -0.39 is 17.5 Å². The summed E-state index contributed by atoms with van der Waals surface area (Å²) in [7, 11) is 0. The van der Waals surface area contributed by atoms with Gasteiger partial charge in [0.1, 0.15) is 35.0 Å². The van der Waals surface area contributed by atoms with Crippen molar-refractivity contribution >= 4 is 22.8 Å². The number of esters is 1. The maximum Gasteiger partial charge on any atom is 0.349 e. The summed E-state index contributed by atoms with van der Waals surface area (Å²) >= 11 is 0. The molecule has 0 aliphatic rings. The Morgan fingerprint density at radius 2 is 1.56 bits per heavy atom. The van der Waals surface area contributed by atoms with Gasteiger partial charge in [-0.1, -0.05) is 37.3 Å². The lowest BCUT2D eigenvalue weighted by molar-refractivity contribution is -0.136. The molecule has 0 spiro atoms. The van der Waals surface area contributed by atoms with Crippen molar-refractivity contribution in [1.82, 2.24) is 5.32 Å². The molecule has 1 N–H and O–H groups in total. The quantitative estimate of drug-likeness (QED) is 0.200. The lowest BCUT2D eigenvalue weighted by atomic mass is 10.1. The number of nitrogens with one attached hydrogen (secondary N) is 1. The molecule has 0 radical (unpaired) electrons. The van der Waals surface area contributed by atoms with Gasteiger partial charge in [-0.3, -0.25) is 4.79 Å². The summed E-state index contributed by atoms with van der Waals surface area (Å²) in [6.45, 7) is 2.50. The third kappa shape index (κ3) is 6.50. The Morgan fingerprint density at radius 1 is 0.861 bits per heavy atom. The van der Waals surface area contributed by atoms with Gasteiger partial charge in [0.25, 0.3) is 5.91 Å². The van der Waals surface area contributed by atoms with Gasteiger partial charge in [0, 0.05) is 18.0 Å². The van der Waals surface area contributed by atoms with Gasteiger partial charge >= 0.3 is 11.6 Å². The number of ether oxygens (including phenoxy) is 3. The van der Waals surface area contributed by atoms with Crippen LogP contribution in [0.25, 0.3) is 11.0 Å².